The second kappa shape index (κ2) is 8.88. The summed E-state index contributed by atoms with van der Waals surface area (Å²) in [5.41, 5.74) is 2.09. The number of aromatic nitrogens is 2. The molecule has 1 aliphatic rings. The van der Waals surface area contributed by atoms with Crippen LogP contribution in [0.2, 0.25) is 0 Å². The third-order valence-electron chi connectivity index (χ3n) is 5.38. The molecule has 0 atom stereocenters. The van der Waals surface area contributed by atoms with E-state index in [9.17, 15) is 9.59 Å². The number of rotatable bonds is 7. The predicted molar refractivity (Wildman–Crippen MR) is 114 cm³/mol. The van der Waals surface area contributed by atoms with Gasteiger partial charge in [-0.05, 0) is 36.8 Å². The molecular weight excluding hydrogens is 386 g/mol. The third kappa shape index (κ3) is 4.26. The lowest BCUT2D eigenvalue weighted by Gasteiger charge is -2.23. The number of hydrogen-bond donors (Lipinski definition) is 0. The Hall–Kier alpha value is -2.51. The molecule has 0 saturated carbocycles. The molecule has 2 aromatic heterocycles. The summed E-state index contributed by atoms with van der Waals surface area (Å²) in [6, 6.07) is 9.84. The van der Waals surface area contributed by atoms with E-state index in [0.717, 1.165) is 35.2 Å². The quantitative estimate of drug-likeness (QED) is 0.600. The number of fused-ring (bicyclic) bond motifs is 3. The van der Waals surface area contributed by atoms with Gasteiger partial charge < -0.3 is 9.64 Å². The zero-order valence-electron chi connectivity index (χ0n) is 16.6. The van der Waals surface area contributed by atoms with Crippen molar-refractivity contribution in [3.8, 4) is 0 Å². The van der Waals surface area contributed by atoms with Crippen LogP contribution in [0.3, 0.4) is 0 Å². The Labute approximate surface area is 173 Å². The first-order chi connectivity index (χ1) is 14.2. The number of nitrogens with zero attached hydrogens (tertiary/aromatic N) is 3. The average Bonchev–Trinajstić information content (AvgIpc) is 3.13. The lowest BCUT2D eigenvalue weighted by molar-refractivity contribution is -0.133. The Bertz CT molecular complexity index is 1060. The maximum absolute atomic E-state index is 13.1. The van der Waals surface area contributed by atoms with Crippen LogP contribution in [0, 0.1) is 0 Å². The van der Waals surface area contributed by atoms with E-state index in [0.29, 0.717) is 25.1 Å². The van der Waals surface area contributed by atoms with Gasteiger partial charge in [0.2, 0.25) is 5.91 Å². The molecule has 0 spiro atoms. The van der Waals surface area contributed by atoms with Gasteiger partial charge in [-0.25, -0.2) is 4.98 Å². The van der Waals surface area contributed by atoms with E-state index in [2.05, 4.69) is 4.98 Å². The van der Waals surface area contributed by atoms with Crippen LogP contribution in [0.25, 0.3) is 10.2 Å². The fourth-order valence-electron chi connectivity index (χ4n) is 3.84. The van der Waals surface area contributed by atoms with Gasteiger partial charge in [0.05, 0.1) is 18.3 Å². The van der Waals surface area contributed by atoms with Gasteiger partial charge in [0, 0.05) is 25.1 Å². The Morgan fingerprint density at radius 2 is 2.03 bits per heavy atom. The van der Waals surface area contributed by atoms with E-state index in [4.69, 9.17) is 4.74 Å². The maximum Gasteiger partial charge on any atom is 0.262 e. The van der Waals surface area contributed by atoms with E-state index < -0.39 is 0 Å². The second-order valence-electron chi connectivity index (χ2n) is 7.36. The number of hydrogen-bond acceptors (Lipinski definition) is 5. The molecule has 1 amide bonds. The molecule has 0 radical (unpaired) electrons. The number of carbonyl (C=O) groups excluding carboxylic acids is 1. The summed E-state index contributed by atoms with van der Waals surface area (Å²) < 4.78 is 6.63. The molecule has 1 aromatic carbocycles. The highest BCUT2D eigenvalue weighted by atomic mass is 32.1. The molecule has 6 nitrogen and oxygen atoms in total. The molecule has 0 fully saturated rings. The fourth-order valence-corrected chi connectivity index (χ4v) is 5.06. The first-order valence-electron chi connectivity index (χ1n) is 9.97. The minimum absolute atomic E-state index is 0.0110. The molecule has 0 N–H and O–H groups in total. The number of thiophene rings is 1. The molecule has 0 aliphatic heterocycles. The summed E-state index contributed by atoms with van der Waals surface area (Å²) in [5, 5.41) is 0.714. The summed E-state index contributed by atoms with van der Waals surface area (Å²) in [4.78, 5) is 34.5. The van der Waals surface area contributed by atoms with E-state index in [1.54, 1.807) is 23.3 Å². The number of benzene rings is 1. The molecule has 0 saturated heterocycles. The topological polar surface area (TPSA) is 64.4 Å². The number of aryl methyl sites for hydroxylation is 2. The van der Waals surface area contributed by atoms with E-state index in [1.807, 2.05) is 30.3 Å². The van der Waals surface area contributed by atoms with Crippen LogP contribution in [0.1, 0.15) is 28.8 Å². The smallest absolute Gasteiger partial charge is 0.262 e. The number of ether oxygens (including phenoxy) is 1. The molecule has 3 aromatic rings. The number of carbonyl (C=O) groups is 1. The number of methoxy groups -OCH3 is 1. The molecule has 152 valence electrons. The second-order valence-corrected chi connectivity index (χ2v) is 8.45. The van der Waals surface area contributed by atoms with Gasteiger partial charge >= 0.3 is 0 Å². The summed E-state index contributed by atoms with van der Waals surface area (Å²) in [6.07, 6.45) is 5.74. The van der Waals surface area contributed by atoms with Crippen LogP contribution in [0.4, 0.5) is 0 Å². The highest BCUT2D eigenvalue weighted by molar-refractivity contribution is 7.18. The van der Waals surface area contributed by atoms with E-state index in [1.165, 1.54) is 22.2 Å². The zero-order valence-corrected chi connectivity index (χ0v) is 17.4. The SMILES string of the molecule is COCCN(Cc1ccccc1)C(=O)Cn1cnc2sc3c(c2c1=O)CCCC3. The third-order valence-corrected chi connectivity index (χ3v) is 6.58. The van der Waals surface area contributed by atoms with Gasteiger partial charge in [-0.2, -0.15) is 0 Å². The summed E-state index contributed by atoms with van der Waals surface area (Å²) in [7, 11) is 1.62. The Kier molecular flexibility index (Phi) is 6.06. The van der Waals surface area contributed by atoms with Crippen molar-refractivity contribution < 1.29 is 9.53 Å². The van der Waals surface area contributed by atoms with Gasteiger partial charge in [0.1, 0.15) is 11.4 Å². The molecule has 2 heterocycles. The van der Waals surface area contributed by atoms with Crippen molar-refractivity contribution in [3.05, 3.63) is 63.0 Å². The maximum atomic E-state index is 13.1. The van der Waals surface area contributed by atoms with Crippen LogP contribution >= 0.6 is 11.3 Å². The Morgan fingerprint density at radius 3 is 2.83 bits per heavy atom. The lowest BCUT2D eigenvalue weighted by Crippen LogP contribution is -2.38. The molecule has 29 heavy (non-hydrogen) atoms. The van der Waals surface area contributed by atoms with Crippen molar-refractivity contribution in [1.29, 1.82) is 0 Å². The first-order valence-corrected chi connectivity index (χ1v) is 10.8. The average molecular weight is 412 g/mol. The normalized spacial score (nSPS) is 13.4. The summed E-state index contributed by atoms with van der Waals surface area (Å²) >= 11 is 1.62. The molecule has 0 unspecified atom stereocenters. The summed E-state index contributed by atoms with van der Waals surface area (Å²) in [6.45, 7) is 1.40. The highest BCUT2D eigenvalue weighted by Crippen LogP contribution is 2.33. The summed E-state index contributed by atoms with van der Waals surface area (Å²) in [5.74, 6) is -0.113. The van der Waals surface area contributed by atoms with Crippen molar-refractivity contribution in [1.82, 2.24) is 14.5 Å². The van der Waals surface area contributed by atoms with Crippen molar-refractivity contribution in [2.75, 3.05) is 20.3 Å². The molecule has 4 rings (SSSR count). The van der Waals surface area contributed by atoms with Gasteiger partial charge in [0.15, 0.2) is 0 Å². The Morgan fingerprint density at radius 1 is 1.24 bits per heavy atom. The minimum atomic E-state index is -0.113. The largest absolute Gasteiger partial charge is 0.383 e. The van der Waals surface area contributed by atoms with Gasteiger partial charge in [-0.3, -0.25) is 14.2 Å². The molecule has 0 bridgehead atoms. The molecule has 7 heteroatoms. The number of amides is 1. The van der Waals surface area contributed by atoms with Crippen LogP contribution in [0.15, 0.2) is 41.5 Å². The van der Waals surface area contributed by atoms with Crippen molar-refractivity contribution in [2.45, 2.75) is 38.8 Å². The molecular formula is C22H25N3O3S. The van der Waals surface area contributed by atoms with Gasteiger partial charge in [-0.15, -0.1) is 11.3 Å². The van der Waals surface area contributed by atoms with Crippen molar-refractivity contribution in [2.24, 2.45) is 0 Å². The van der Waals surface area contributed by atoms with Crippen LogP contribution in [0.5, 0.6) is 0 Å². The van der Waals surface area contributed by atoms with Crippen LogP contribution in [-0.2, 0) is 35.5 Å². The predicted octanol–water partition coefficient (Wildman–Crippen LogP) is 3.01. The van der Waals surface area contributed by atoms with E-state index in [-0.39, 0.29) is 18.0 Å². The van der Waals surface area contributed by atoms with Gasteiger partial charge in [-0.1, -0.05) is 30.3 Å². The first kappa shape index (κ1) is 19.8. The zero-order chi connectivity index (χ0) is 20.2. The van der Waals surface area contributed by atoms with Crippen molar-refractivity contribution in [3.63, 3.8) is 0 Å². The van der Waals surface area contributed by atoms with Crippen LogP contribution in [-0.4, -0.2) is 40.6 Å². The van der Waals surface area contributed by atoms with E-state index >= 15 is 0 Å². The lowest BCUT2D eigenvalue weighted by atomic mass is 9.97. The Balaban J connectivity index is 1.59. The highest BCUT2D eigenvalue weighted by Gasteiger charge is 2.21. The van der Waals surface area contributed by atoms with Crippen molar-refractivity contribution >= 4 is 27.5 Å². The standard InChI is InChI=1S/C22H25N3O3S/c1-28-12-11-24(13-16-7-3-2-4-8-16)19(26)14-25-15-23-21-20(22(25)27)17-9-5-6-10-18(17)29-21/h2-4,7-8,15H,5-6,9-14H2,1H3. The fraction of sp³-hybridized carbons (Fsp3) is 0.409. The minimum Gasteiger partial charge on any atom is -0.383 e. The molecule has 1 aliphatic carbocycles. The van der Waals surface area contributed by atoms with Crippen LogP contribution < -0.4 is 5.56 Å². The monoisotopic (exact) mass is 411 g/mol. The van der Waals surface area contributed by atoms with Gasteiger partial charge in [0.25, 0.3) is 5.56 Å².